The van der Waals surface area contributed by atoms with Gasteiger partial charge in [-0.15, -0.1) is 0 Å². The Morgan fingerprint density at radius 2 is 2.06 bits per heavy atom. The Labute approximate surface area is 111 Å². The summed E-state index contributed by atoms with van der Waals surface area (Å²) in [7, 11) is 0. The first-order valence-electron chi connectivity index (χ1n) is 5.93. The highest BCUT2D eigenvalue weighted by Crippen LogP contribution is 2.12. The van der Waals surface area contributed by atoms with E-state index in [1.54, 1.807) is 12.1 Å². The lowest BCUT2D eigenvalue weighted by atomic mass is 10.2. The highest BCUT2D eigenvalue weighted by atomic mass is 79.9. The average molecular weight is 301 g/mol. The minimum absolute atomic E-state index is 0.252. The zero-order valence-electron chi connectivity index (χ0n) is 10.3. The van der Waals surface area contributed by atoms with Gasteiger partial charge in [0.25, 0.3) is 0 Å². The Kier molecular flexibility index (Phi) is 6.22. The van der Waals surface area contributed by atoms with Crippen LogP contribution in [0.1, 0.15) is 24.2 Å². The van der Waals surface area contributed by atoms with E-state index in [9.17, 15) is 4.79 Å². The summed E-state index contributed by atoms with van der Waals surface area (Å²) in [6, 6.07) is 7.25. The molecule has 0 aromatic heterocycles. The standard InChI is InChI=1S/C13H18BrNO2/c1-3-15(4-2)8-9-17-13(16)11-6-5-7-12(14)10-11/h5-7,10H,3-4,8-9H2,1-2H3/p+1. The van der Waals surface area contributed by atoms with Crippen molar-refractivity contribution in [1.29, 1.82) is 0 Å². The molecule has 0 radical (unpaired) electrons. The topological polar surface area (TPSA) is 30.7 Å². The number of ether oxygens (including phenoxy) is 1. The Morgan fingerprint density at radius 3 is 2.65 bits per heavy atom. The third kappa shape index (κ3) is 4.88. The first-order valence-corrected chi connectivity index (χ1v) is 6.73. The van der Waals surface area contributed by atoms with Gasteiger partial charge in [0.1, 0.15) is 13.2 Å². The summed E-state index contributed by atoms with van der Waals surface area (Å²) in [5.41, 5.74) is 0.592. The quantitative estimate of drug-likeness (QED) is 0.808. The van der Waals surface area contributed by atoms with Gasteiger partial charge in [0.15, 0.2) is 0 Å². The summed E-state index contributed by atoms with van der Waals surface area (Å²) in [5, 5.41) is 0. The fourth-order valence-corrected chi connectivity index (χ4v) is 1.99. The Bertz CT molecular complexity index is 364. The molecule has 0 aliphatic rings. The van der Waals surface area contributed by atoms with Gasteiger partial charge in [0, 0.05) is 4.47 Å². The molecule has 17 heavy (non-hydrogen) atoms. The SMILES string of the molecule is CC[NH+](CC)CCOC(=O)c1cccc(Br)c1. The number of carbonyl (C=O) groups excluding carboxylic acids is 1. The third-order valence-electron chi connectivity index (χ3n) is 2.75. The summed E-state index contributed by atoms with van der Waals surface area (Å²) in [5.74, 6) is -0.252. The maximum Gasteiger partial charge on any atom is 0.338 e. The van der Waals surface area contributed by atoms with E-state index in [1.807, 2.05) is 12.1 Å². The highest BCUT2D eigenvalue weighted by molar-refractivity contribution is 9.10. The first kappa shape index (κ1) is 14.2. The van der Waals surface area contributed by atoms with E-state index in [1.165, 1.54) is 4.90 Å². The molecule has 0 aliphatic carbocycles. The van der Waals surface area contributed by atoms with E-state index in [0.717, 1.165) is 24.1 Å². The van der Waals surface area contributed by atoms with E-state index >= 15 is 0 Å². The lowest BCUT2D eigenvalue weighted by molar-refractivity contribution is -0.896. The minimum atomic E-state index is -0.252. The van der Waals surface area contributed by atoms with Crippen molar-refractivity contribution < 1.29 is 14.4 Å². The van der Waals surface area contributed by atoms with Crippen molar-refractivity contribution >= 4 is 21.9 Å². The minimum Gasteiger partial charge on any atom is -0.456 e. The first-order chi connectivity index (χ1) is 8.17. The van der Waals surface area contributed by atoms with Gasteiger partial charge in [-0.1, -0.05) is 22.0 Å². The molecule has 0 spiro atoms. The molecule has 1 rings (SSSR count). The molecular formula is C13H19BrNO2+. The van der Waals surface area contributed by atoms with Crippen LogP contribution in [0.4, 0.5) is 0 Å². The molecule has 1 aromatic rings. The van der Waals surface area contributed by atoms with Gasteiger partial charge in [-0.25, -0.2) is 4.79 Å². The van der Waals surface area contributed by atoms with Crippen LogP contribution >= 0.6 is 15.9 Å². The number of quaternary nitrogens is 1. The van der Waals surface area contributed by atoms with Gasteiger partial charge in [-0.3, -0.25) is 0 Å². The zero-order chi connectivity index (χ0) is 12.7. The molecule has 0 fully saturated rings. The molecule has 1 N–H and O–H groups in total. The fraction of sp³-hybridized carbons (Fsp3) is 0.462. The van der Waals surface area contributed by atoms with E-state index < -0.39 is 0 Å². The maximum absolute atomic E-state index is 11.7. The number of likely N-dealkylation sites (N-methyl/N-ethyl adjacent to an activating group) is 1. The fourth-order valence-electron chi connectivity index (χ4n) is 1.59. The molecule has 94 valence electrons. The molecule has 0 heterocycles. The second-order valence-corrected chi connectivity index (χ2v) is 4.77. The van der Waals surface area contributed by atoms with Gasteiger partial charge < -0.3 is 9.64 Å². The van der Waals surface area contributed by atoms with Crippen molar-refractivity contribution in [3.8, 4) is 0 Å². The van der Waals surface area contributed by atoms with Crippen molar-refractivity contribution in [2.75, 3.05) is 26.2 Å². The molecule has 1 aromatic carbocycles. The van der Waals surface area contributed by atoms with Crippen molar-refractivity contribution in [2.24, 2.45) is 0 Å². The summed E-state index contributed by atoms with van der Waals surface area (Å²) < 4.78 is 6.13. The second-order valence-electron chi connectivity index (χ2n) is 3.85. The molecule has 0 aliphatic heterocycles. The maximum atomic E-state index is 11.7. The molecule has 0 atom stereocenters. The highest BCUT2D eigenvalue weighted by Gasteiger charge is 2.09. The van der Waals surface area contributed by atoms with Crippen LogP contribution in [0, 0.1) is 0 Å². The van der Waals surface area contributed by atoms with Crippen LogP contribution in [0.3, 0.4) is 0 Å². The number of nitrogens with one attached hydrogen (secondary N) is 1. The third-order valence-corrected chi connectivity index (χ3v) is 3.24. The second kappa shape index (κ2) is 7.45. The van der Waals surface area contributed by atoms with E-state index in [4.69, 9.17) is 4.74 Å². The van der Waals surface area contributed by atoms with Gasteiger partial charge in [0.2, 0.25) is 0 Å². The summed E-state index contributed by atoms with van der Waals surface area (Å²) in [6.45, 7) is 7.73. The zero-order valence-corrected chi connectivity index (χ0v) is 11.9. The van der Waals surface area contributed by atoms with Crippen LogP contribution in [-0.4, -0.2) is 32.2 Å². The van der Waals surface area contributed by atoms with Crippen LogP contribution in [-0.2, 0) is 4.74 Å². The van der Waals surface area contributed by atoms with Crippen LogP contribution in [0.5, 0.6) is 0 Å². The lowest BCUT2D eigenvalue weighted by Gasteiger charge is -2.15. The number of hydrogen-bond donors (Lipinski definition) is 1. The summed E-state index contributed by atoms with van der Waals surface area (Å²) in [4.78, 5) is 13.1. The molecular weight excluding hydrogens is 282 g/mol. The van der Waals surface area contributed by atoms with Crippen molar-refractivity contribution in [3.63, 3.8) is 0 Å². The lowest BCUT2D eigenvalue weighted by Crippen LogP contribution is -3.11. The van der Waals surface area contributed by atoms with Crippen LogP contribution in [0.15, 0.2) is 28.7 Å². The van der Waals surface area contributed by atoms with E-state index in [2.05, 4.69) is 29.8 Å². The predicted octanol–water partition coefficient (Wildman–Crippen LogP) is 1.53. The predicted molar refractivity (Wildman–Crippen MR) is 71.3 cm³/mol. The van der Waals surface area contributed by atoms with E-state index in [-0.39, 0.29) is 5.97 Å². The molecule has 3 nitrogen and oxygen atoms in total. The molecule has 0 bridgehead atoms. The number of benzene rings is 1. The normalized spacial score (nSPS) is 10.6. The molecule has 0 saturated heterocycles. The Balaban J connectivity index is 2.40. The molecule has 4 heteroatoms. The molecule has 0 unspecified atom stereocenters. The van der Waals surface area contributed by atoms with Crippen molar-refractivity contribution in [2.45, 2.75) is 13.8 Å². The monoisotopic (exact) mass is 300 g/mol. The number of esters is 1. The van der Waals surface area contributed by atoms with Gasteiger partial charge >= 0.3 is 5.97 Å². The van der Waals surface area contributed by atoms with Gasteiger partial charge in [-0.2, -0.15) is 0 Å². The summed E-state index contributed by atoms with van der Waals surface area (Å²) >= 11 is 3.33. The Morgan fingerprint density at radius 1 is 1.35 bits per heavy atom. The number of carbonyl (C=O) groups is 1. The van der Waals surface area contributed by atoms with Crippen LogP contribution in [0.25, 0.3) is 0 Å². The van der Waals surface area contributed by atoms with Gasteiger partial charge in [0.05, 0.1) is 18.7 Å². The van der Waals surface area contributed by atoms with Crippen LogP contribution in [0.2, 0.25) is 0 Å². The Hall–Kier alpha value is -0.870. The number of rotatable bonds is 6. The van der Waals surface area contributed by atoms with E-state index in [0.29, 0.717) is 12.2 Å². The van der Waals surface area contributed by atoms with Gasteiger partial charge in [-0.05, 0) is 32.0 Å². The molecule has 0 saturated carbocycles. The summed E-state index contributed by atoms with van der Waals surface area (Å²) in [6.07, 6.45) is 0. The van der Waals surface area contributed by atoms with Crippen LogP contribution < -0.4 is 4.90 Å². The molecule has 0 amide bonds. The van der Waals surface area contributed by atoms with Crippen molar-refractivity contribution in [1.82, 2.24) is 0 Å². The van der Waals surface area contributed by atoms with Crippen molar-refractivity contribution in [3.05, 3.63) is 34.3 Å². The number of halogens is 1. The smallest absolute Gasteiger partial charge is 0.338 e. The number of hydrogen-bond acceptors (Lipinski definition) is 2. The average Bonchev–Trinajstić information content (AvgIpc) is 2.34. The largest absolute Gasteiger partial charge is 0.456 e.